The van der Waals surface area contributed by atoms with Gasteiger partial charge in [0, 0.05) is 12.7 Å². The highest BCUT2D eigenvalue weighted by Gasteiger charge is 2.31. The number of nitrogens with zero attached hydrogens (tertiary/aromatic N) is 2. The molecule has 0 unspecified atom stereocenters. The number of hydrogen-bond acceptors (Lipinski definition) is 4. The minimum Gasteiger partial charge on any atom is -0.478 e. The first-order valence-corrected chi connectivity index (χ1v) is 5.74. The SMILES string of the molecule is C[C@H](O)[C@H]1CCCN1c1ncccc1C(=O)O. The molecular weight excluding hydrogens is 220 g/mol. The second kappa shape index (κ2) is 4.71. The summed E-state index contributed by atoms with van der Waals surface area (Å²) >= 11 is 0. The minimum absolute atomic E-state index is 0.0389. The van der Waals surface area contributed by atoms with Crippen LogP contribution >= 0.6 is 0 Å². The fourth-order valence-corrected chi connectivity index (χ4v) is 2.35. The van der Waals surface area contributed by atoms with Crippen LogP contribution in [0.15, 0.2) is 18.3 Å². The van der Waals surface area contributed by atoms with Crippen molar-refractivity contribution in [1.82, 2.24) is 4.98 Å². The summed E-state index contributed by atoms with van der Waals surface area (Å²) in [5, 5.41) is 18.8. The topological polar surface area (TPSA) is 73.7 Å². The molecule has 2 heterocycles. The Kier molecular flexibility index (Phi) is 3.28. The van der Waals surface area contributed by atoms with Gasteiger partial charge in [0.05, 0.1) is 12.1 Å². The van der Waals surface area contributed by atoms with Crippen LogP contribution in [-0.4, -0.2) is 39.9 Å². The number of aromatic carboxylic acids is 1. The van der Waals surface area contributed by atoms with Gasteiger partial charge in [0.25, 0.3) is 0 Å². The fraction of sp³-hybridized carbons (Fsp3) is 0.500. The van der Waals surface area contributed by atoms with E-state index >= 15 is 0 Å². The predicted molar refractivity (Wildman–Crippen MR) is 63.2 cm³/mol. The summed E-state index contributed by atoms with van der Waals surface area (Å²) < 4.78 is 0. The highest BCUT2D eigenvalue weighted by molar-refractivity contribution is 5.93. The molecule has 1 aromatic rings. The molecule has 1 aliphatic rings. The monoisotopic (exact) mass is 236 g/mol. The predicted octanol–water partition coefficient (Wildman–Crippen LogP) is 1.13. The molecule has 0 aliphatic carbocycles. The molecule has 0 aromatic carbocycles. The molecule has 2 N–H and O–H groups in total. The third-order valence-electron chi connectivity index (χ3n) is 3.15. The van der Waals surface area contributed by atoms with E-state index in [4.69, 9.17) is 5.11 Å². The van der Waals surface area contributed by atoms with E-state index in [-0.39, 0.29) is 11.6 Å². The van der Waals surface area contributed by atoms with Crippen molar-refractivity contribution in [2.75, 3.05) is 11.4 Å². The number of pyridine rings is 1. The molecule has 2 atom stereocenters. The van der Waals surface area contributed by atoms with E-state index in [0.29, 0.717) is 5.82 Å². The molecule has 0 bridgehead atoms. The van der Waals surface area contributed by atoms with Gasteiger partial charge in [0.1, 0.15) is 11.4 Å². The normalized spacial score (nSPS) is 21.5. The number of carbonyl (C=O) groups is 1. The summed E-state index contributed by atoms with van der Waals surface area (Å²) in [6.07, 6.45) is 2.92. The van der Waals surface area contributed by atoms with Crippen LogP contribution in [0.25, 0.3) is 0 Å². The first-order chi connectivity index (χ1) is 8.11. The molecule has 5 nitrogen and oxygen atoms in total. The Morgan fingerprint density at radius 3 is 3.06 bits per heavy atom. The Balaban J connectivity index is 2.36. The van der Waals surface area contributed by atoms with E-state index in [1.165, 1.54) is 0 Å². The van der Waals surface area contributed by atoms with Crippen molar-refractivity contribution < 1.29 is 15.0 Å². The first kappa shape index (κ1) is 11.9. The quantitative estimate of drug-likeness (QED) is 0.823. The van der Waals surface area contributed by atoms with Gasteiger partial charge in [-0.25, -0.2) is 9.78 Å². The largest absolute Gasteiger partial charge is 0.478 e. The van der Waals surface area contributed by atoms with Gasteiger partial charge in [0.15, 0.2) is 0 Å². The number of aliphatic hydroxyl groups excluding tert-OH is 1. The zero-order valence-corrected chi connectivity index (χ0v) is 9.71. The zero-order chi connectivity index (χ0) is 12.4. The van der Waals surface area contributed by atoms with Gasteiger partial charge in [-0.1, -0.05) is 0 Å². The fourth-order valence-electron chi connectivity index (χ4n) is 2.35. The van der Waals surface area contributed by atoms with E-state index in [0.717, 1.165) is 19.4 Å². The molecule has 0 saturated carbocycles. The standard InChI is InChI=1S/C12H16N2O3/c1-8(15)10-5-3-7-14(10)11-9(12(16)17)4-2-6-13-11/h2,4,6,8,10,15H,3,5,7H2,1H3,(H,16,17)/t8-,10+/m0/s1. The molecule has 2 rings (SSSR count). The van der Waals surface area contributed by atoms with Gasteiger partial charge in [0.2, 0.25) is 0 Å². The maximum atomic E-state index is 11.1. The lowest BCUT2D eigenvalue weighted by Crippen LogP contribution is -2.38. The molecule has 1 aromatic heterocycles. The summed E-state index contributed by atoms with van der Waals surface area (Å²) in [6.45, 7) is 2.47. The van der Waals surface area contributed by atoms with Gasteiger partial charge >= 0.3 is 5.97 Å². The van der Waals surface area contributed by atoms with Crippen LogP contribution in [-0.2, 0) is 0 Å². The zero-order valence-electron chi connectivity index (χ0n) is 9.71. The van der Waals surface area contributed by atoms with Crippen LogP contribution in [0.1, 0.15) is 30.1 Å². The van der Waals surface area contributed by atoms with Crippen molar-refractivity contribution in [3.8, 4) is 0 Å². The number of carboxylic acid groups (broad SMARTS) is 1. The molecule has 1 saturated heterocycles. The van der Waals surface area contributed by atoms with Crippen LogP contribution in [0.5, 0.6) is 0 Å². The van der Waals surface area contributed by atoms with Crippen molar-refractivity contribution >= 4 is 11.8 Å². The van der Waals surface area contributed by atoms with Crippen LogP contribution in [0.2, 0.25) is 0 Å². The molecule has 92 valence electrons. The maximum absolute atomic E-state index is 11.1. The van der Waals surface area contributed by atoms with E-state index in [1.54, 1.807) is 25.3 Å². The number of aromatic nitrogens is 1. The van der Waals surface area contributed by atoms with Crippen LogP contribution in [0.3, 0.4) is 0 Å². The molecule has 0 radical (unpaired) electrons. The molecule has 0 spiro atoms. The van der Waals surface area contributed by atoms with Crippen LogP contribution in [0, 0.1) is 0 Å². The Labute approximate surface area is 99.7 Å². The average molecular weight is 236 g/mol. The van der Waals surface area contributed by atoms with Gasteiger partial charge in [-0.15, -0.1) is 0 Å². The number of hydrogen-bond donors (Lipinski definition) is 2. The molecule has 5 heteroatoms. The Hall–Kier alpha value is -1.62. The molecular formula is C12H16N2O3. The van der Waals surface area contributed by atoms with Crippen molar-refractivity contribution in [3.63, 3.8) is 0 Å². The Morgan fingerprint density at radius 1 is 1.65 bits per heavy atom. The lowest BCUT2D eigenvalue weighted by molar-refractivity contribution is 0.0696. The van der Waals surface area contributed by atoms with Gasteiger partial charge in [-0.2, -0.15) is 0 Å². The summed E-state index contributed by atoms with van der Waals surface area (Å²) in [6, 6.07) is 3.12. The number of carboxylic acids is 1. The second-order valence-corrected chi connectivity index (χ2v) is 4.32. The minimum atomic E-state index is -0.982. The highest BCUT2D eigenvalue weighted by Crippen LogP contribution is 2.28. The smallest absolute Gasteiger partial charge is 0.339 e. The lowest BCUT2D eigenvalue weighted by atomic mass is 10.1. The number of rotatable bonds is 3. The van der Waals surface area contributed by atoms with Crippen LogP contribution < -0.4 is 4.90 Å². The Morgan fingerprint density at radius 2 is 2.41 bits per heavy atom. The van der Waals surface area contributed by atoms with Gasteiger partial charge < -0.3 is 15.1 Å². The van der Waals surface area contributed by atoms with E-state index in [2.05, 4.69) is 4.98 Å². The van der Waals surface area contributed by atoms with E-state index in [9.17, 15) is 9.90 Å². The van der Waals surface area contributed by atoms with Crippen molar-refractivity contribution in [2.24, 2.45) is 0 Å². The third-order valence-corrected chi connectivity index (χ3v) is 3.15. The summed E-state index contributed by atoms with van der Waals surface area (Å²) in [7, 11) is 0. The molecule has 1 fully saturated rings. The lowest BCUT2D eigenvalue weighted by Gasteiger charge is -2.28. The number of aliphatic hydroxyl groups is 1. The van der Waals surface area contributed by atoms with E-state index < -0.39 is 12.1 Å². The van der Waals surface area contributed by atoms with Crippen LogP contribution in [0.4, 0.5) is 5.82 Å². The summed E-state index contributed by atoms with van der Waals surface area (Å²) in [5.41, 5.74) is 0.194. The Bertz CT molecular complexity index is 420. The van der Waals surface area contributed by atoms with Gasteiger partial charge in [-0.05, 0) is 31.9 Å². The summed E-state index contributed by atoms with van der Waals surface area (Å²) in [4.78, 5) is 17.2. The summed E-state index contributed by atoms with van der Waals surface area (Å²) in [5.74, 6) is -0.521. The molecule has 17 heavy (non-hydrogen) atoms. The van der Waals surface area contributed by atoms with Crippen molar-refractivity contribution in [1.29, 1.82) is 0 Å². The van der Waals surface area contributed by atoms with E-state index in [1.807, 2.05) is 4.90 Å². The number of anilines is 1. The average Bonchev–Trinajstić information content (AvgIpc) is 2.77. The van der Waals surface area contributed by atoms with Crippen molar-refractivity contribution in [3.05, 3.63) is 23.9 Å². The third kappa shape index (κ3) is 2.24. The van der Waals surface area contributed by atoms with Crippen molar-refractivity contribution in [2.45, 2.75) is 31.9 Å². The second-order valence-electron chi connectivity index (χ2n) is 4.32. The molecule has 1 aliphatic heterocycles. The first-order valence-electron chi connectivity index (χ1n) is 5.74. The highest BCUT2D eigenvalue weighted by atomic mass is 16.4. The maximum Gasteiger partial charge on any atom is 0.339 e. The van der Waals surface area contributed by atoms with Gasteiger partial charge in [-0.3, -0.25) is 0 Å². The molecule has 0 amide bonds.